The third-order valence-electron chi connectivity index (χ3n) is 5.55. The largest absolute Gasteiger partial charge is 0.478 e. The topological polar surface area (TPSA) is 123 Å². The predicted octanol–water partition coefficient (Wildman–Crippen LogP) is 2.84. The van der Waals surface area contributed by atoms with Gasteiger partial charge in [-0.05, 0) is 54.3 Å². The van der Waals surface area contributed by atoms with E-state index in [0.717, 1.165) is 12.0 Å². The van der Waals surface area contributed by atoms with Crippen molar-refractivity contribution >= 4 is 28.7 Å². The van der Waals surface area contributed by atoms with Crippen LogP contribution in [0.5, 0.6) is 0 Å². The minimum atomic E-state index is -1.02. The Kier molecular flexibility index (Phi) is 5.81. The van der Waals surface area contributed by atoms with Gasteiger partial charge in [0.25, 0.3) is 5.91 Å². The molecule has 2 aromatic carbocycles. The van der Waals surface area contributed by atoms with Gasteiger partial charge in [-0.1, -0.05) is 18.2 Å². The number of hydrogen-bond donors (Lipinski definition) is 2. The van der Waals surface area contributed by atoms with Gasteiger partial charge >= 0.3 is 5.97 Å². The number of nitrogens with zero attached hydrogens (tertiary/aromatic N) is 3. The molecule has 8 heteroatoms. The average molecular weight is 428 g/mol. The number of carbonyl (C=O) groups excluding carboxylic acids is 2. The predicted molar refractivity (Wildman–Crippen MR) is 117 cm³/mol. The van der Waals surface area contributed by atoms with Gasteiger partial charge in [-0.15, -0.1) is 0 Å². The van der Waals surface area contributed by atoms with E-state index >= 15 is 0 Å². The number of aromatic carboxylic acids is 1. The van der Waals surface area contributed by atoms with Crippen molar-refractivity contribution in [2.45, 2.75) is 18.9 Å². The highest BCUT2D eigenvalue weighted by atomic mass is 16.4. The summed E-state index contributed by atoms with van der Waals surface area (Å²) in [5, 5.41) is 21.6. The van der Waals surface area contributed by atoms with E-state index in [1.165, 1.54) is 17.2 Å². The van der Waals surface area contributed by atoms with Crippen LogP contribution in [-0.2, 0) is 4.79 Å². The van der Waals surface area contributed by atoms with E-state index in [9.17, 15) is 19.5 Å². The molecule has 1 atom stereocenters. The Hall–Kier alpha value is -4.25. The zero-order chi connectivity index (χ0) is 22.7. The number of likely N-dealkylation sites (tertiary alicyclic amines) is 1. The Bertz CT molecular complexity index is 1260. The molecule has 4 rings (SSSR count). The summed E-state index contributed by atoms with van der Waals surface area (Å²) in [5.74, 6) is -1.72. The highest BCUT2D eigenvalue weighted by Gasteiger charge is 2.28. The molecule has 0 saturated carbocycles. The normalized spacial score (nSPS) is 15.3. The molecule has 1 saturated heterocycles. The standard InChI is InChI=1S/C24H20N4O4/c25-13-18-5-2-10-28(18)22(29)14-27-23(30)19-8-9-26-21-7-6-16(12-20(19)21)15-3-1-4-17(11-15)24(31)32/h1,3-4,6-9,11-12,18H,2,5,10,14H2,(H,27,30)(H,31,32)/t18-/m0/s1. The molecule has 2 amide bonds. The molecular formula is C24H20N4O4. The van der Waals surface area contributed by atoms with Crippen LogP contribution in [0.25, 0.3) is 22.0 Å². The lowest BCUT2D eigenvalue weighted by Gasteiger charge is -2.19. The van der Waals surface area contributed by atoms with Crippen LogP contribution in [0.3, 0.4) is 0 Å². The summed E-state index contributed by atoms with van der Waals surface area (Å²) in [5.41, 5.74) is 2.58. The lowest BCUT2D eigenvalue weighted by Crippen LogP contribution is -2.42. The molecule has 32 heavy (non-hydrogen) atoms. The van der Waals surface area contributed by atoms with Crippen molar-refractivity contribution in [1.82, 2.24) is 15.2 Å². The molecule has 1 aliphatic rings. The van der Waals surface area contributed by atoms with Crippen LogP contribution in [-0.4, -0.2) is 51.9 Å². The van der Waals surface area contributed by atoms with Crippen molar-refractivity contribution in [1.29, 1.82) is 5.26 Å². The maximum Gasteiger partial charge on any atom is 0.335 e. The summed E-state index contributed by atoms with van der Waals surface area (Å²) in [6, 6.07) is 15.2. The number of aromatic nitrogens is 1. The van der Waals surface area contributed by atoms with Crippen molar-refractivity contribution in [3.8, 4) is 17.2 Å². The summed E-state index contributed by atoms with van der Waals surface area (Å²) >= 11 is 0. The van der Waals surface area contributed by atoms with Gasteiger partial charge in [-0.3, -0.25) is 14.6 Å². The Morgan fingerprint density at radius 1 is 1.16 bits per heavy atom. The molecule has 1 aromatic heterocycles. The van der Waals surface area contributed by atoms with Crippen molar-refractivity contribution in [2.75, 3.05) is 13.1 Å². The summed E-state index contributed by atoms with van der Waals surface area (Å²) in [4.78, 5) is 42.4. The van der Waals surface area contributed by atoms with Crippen LogP contribution in [0.1, 0.15) is 33.6 Å². The van der Waals surface area contributed by atoms with Crippen LogP contribution < -0.4 is 5.32 Å². The van der Waals surface area contributed by atoms with Gasteiger partial charge in [0.1, 0.15) is 6.04 Å². The first-order chi connectivity index (χ1) is 15.5. The first kappa shape index (κ1) is 21.0. The highest BCUT2D eigenvalue weighted by Crippen LogP contribution is 2.26. The van der Waals surface area contributed by atoms with Crippen LogP contribution in [0.2, 0.25) is 0 Å². The average Bonchev–Trinajstić information content (AvgIpc) is 3.30. The lowest BCUT2D eigenvalue weighted by molar-refractivity contribution is -0.130. The van der Waals surface area contributed by atoms with E-state index in [4.69, 9.17) is 5.26 Å². The molecule has 1 aliphatic heterocycles. The molecule has 0 unspecified atom stereocenters. The number of hydrogen-bond acceptors (Lipinski definition) is 5. The van der Waals surface area contributed by atoms with E-state index in [1.54, 1.807) is 36.4 Å². The van der Waals surface area contributed by atoms with Crippen molar-refractivity contribution in [2.24, 2.45) is 0 Å². The number of benzene rings is 2. The van der Waals surface area contributed by atoms with Crippen LogP contribution in [0.15, 0.2) is 54.7 Å². The first-order valence-electron chi connectivity index (χ1n) is 10.2. The van der Waals surface area contributed by atoms with E-state index in [1.807, 2.05) is 6.07 Å². The fourth-order valence-electron chi connectivity index (χ4n) is 3.91. The van der Waals surface area contributed by atoms with Gasteiger partial charge in [0.2, 0.25) is 5.91 Å². The maximum absolute atomic E-state index is 12.9. The molecule has 0 spiro atoms. The molecule has 2 heterocycles. The number of carboxylic acids is 1. The third-order valence-corrected chi connectivity index (χ3v) is 5.55. The second kappa shape index (κ2) is 8.86. The molecule has 0 bridgehead atoms. The van der Waals surface area contributed by atoms with Crippen molar-refractivity contribution in [3.63, 3.8) is 0 Å². The Morgan fingerprint density at radius 2 is 1.97 bits per heavy atom. The second-order valence-corrected chi connectivity index (χ2v) is 7.53. The number of nitriles is 1. The Labute approximate surface area is 184 Å². The fraction of sp³-hybridized carbons (Fsp3) is 0.208. The number of rotatable bonds is 5. The monoisotopic (exact) mass is 428 g/mol. The molecule has 2 N–H and O–H groups in total. The lowest BCUT2D eigenvalue weighted by atomic mass is 9.99. The van der Waals surface area contributed by atoms with Gasteiger partial charge < -0.3 is 15.3 Å². The summed E-state index contributed by atoms with van der Waals surface area (Å²) in [6.45, 7) is 0.324. The van der Waals surface area contributed by atoms with Gasteiger partial charge in [0, 0.05) is 18.1 Å². The number of pyridine rings is 1. The van der Waals surface area contributed by atoms with Crippen LogP contribution >= 0.6 is 0 Å². The molecule has 0 aliphatic carbocycles. The van der Waals surface area contributed by atoms with E-state index in [0.29, 0.717) is 35.0 Å². The number of nitrogens with one attached hydrogen (secondary N) is 1. The van der Waals surface area contributed by atoms with E-state index in [2.05, 4.69) is 16.4 Å². The first-order valence-corrected chi connectivity index (χ1v) is 10.2. The fourth-order valence-corrected chi connectivity index (χ4v) is 3.91. The maximum atomic E-state index is 12.9. The van der Waals surface area contributed by atoms with Gasteiger partial charge in [-0.2, -0.15) is 5.26 Å². The zero-order valence-corrected chi connectivity index (χ0v) is 17.1. The molecule has 160 valence electrons. The minimum absolute atomic E-state index is 0.169. The summed E-state index contributed by atoms with van der Waals surface area (Å²) < 4.78 is 0. The smallest absolute Gasteiger partial charge is 0.335 e. The highest BCUT2D eigenvalue weighted by molar-refractivity contribution is 6.07. The number of amides is 2. The third kappa shape index (κ3) is 4.14. The Morgan fingerprint density at radius 3 is 2.75 bits per heavy atom. The van der Waals surface area contributed by atoms with Crippen LogP contribution in [0, 0.1) is 11.3 Å². The Balaban J connectivity index is 1.59. The van der Waals surface area contributed by atoms with Gasteiger partial charge in [0.05, 0.1) is 29.3 Å². The number of carbonyl (C=O) groups is 3. The SMILES string of the molecule is N#C[C@@H]1CCCN1C(=O)CNC(=O)c1ccnc2ccc(-c3cccc(C(=O)O)c3)cc12. The van der Waals surface area contributed by atoms with E-state index < -0.39 is 17.9 Å². The summed E-state index contributed by atoms with van der Waals surface area (Å²) in [7, 11) is 0. The van der Waals surface area contributed by atoms with Gasteiger partial charge in [-0.25, -0.2) is 4.79 Å². The quantitative estimate of drug-likeness (QED) is 0.644. The zero-order valence-electron chi connectivity index (χ0n) is 17.1. The molecule has 0 radical (unpaired) electrons. The molecular weight excluding hydrogens is 408 g/mol. The number of fused-ring (bicyclic) bond motifs is 1. The second-order valence-electron chi connectivity index (χ2n) is 7.53. The van der Waals surface area contributed by atoms with Gasteiger partial charge in [0.15, 0.2) is 0 Å². The molecule has 3 aromatic rings. The van der Waals surface area contributed by atoms with Crippen LogP contribution in [0.4, 0.5) is 0 Å². The van der Waals surface area contributed by atoms with Crippen molar-refractivity contribution < 1.29 is 19.5 Å². The molecule has 1 fully saturated rings. The molecule has 8 nitrogen and oxygen atoms in total. The minimum Gasteiger partial charge on any atom is -0.478 e. The van der Waals surface area contributed by atoms with E-state index in [-0.39, 0.29) is 18.0 Å². The number of carboxylic acid groups (broad SMARTS) is 1. The van der Waals surface area contributed by atoms with Crippen molar-refractivity contribution in [3.05, 3.63) is 65.9 Å². The summed E-state index contributed by atoms with van der Waals surface area (Å²) in [6.07, 6.45) is 2.95.